The molecule has 2 rings (SSSR count). The van der Waals surface area contributed by atoms with Gasteiger partial charge in [0, 0.05) is 57.3 Å². The van der Waals surface area contributed by atoms with Crippen LogP contribution in [0.4, 0.5) is 0 Å². The zero-order chi connectivity index (χ0) is 98.8. The van der Waals surface area contributed by atoms with E-state index in [1.807, 2.05) is 18.2 Å². The van der Waals surface area contributed by atoms with Gasteiger partial charge in [-0.3, -0.25) is 24.0 Å². The fourth-order valence-corrected chi connectivity index (χ4v) is 5.40. The summed E-state index contributed by atoms with van der Waals surface area (Å²) in [7, 11) is 2.13. The first kappa shape index (κ1) is 176. The van der Waals surface area contributed by atoms with E-state index < -0.39 is 49.3 Å². The quantitative estimate of drug-likeness (QED) is 0.0204. The van der Waals surface area contributed by atoms with Gasteiger partial charge in [0.15, 0.2) is 0 Å². The van der Waals surface area contributed by atoms with Crippen LogP contribution in [0.15, 0.2) is 370 Å². The van der Waals surface area contributed by atoms with Crippen molar-refractivity contribution in [1.82, 2.24) is 0 Å². The summed E-state index contributed by atoms with van der Waals surface area (Å²) in [5, 5.41) is 93.8. The molecule has 0 amide bonds. The number of aliphatic hydroxyl groups is 1. The summed E-state index contributed by atoms with van der Waals surface area (Å²) in [5.74, 6) is -2.86. The predicted octanol–water partition coefficient (Wildman–Crippen LogP) is 21.8. The van der Waals surface area contributed by atoms with Crippen molar-refractivity contribution in [3.8, 4) is 0 Å². The second-order valence-electron chi connectivity index (χ2n) is 13.4. The molecule has 0 heterocycles. The minimum atomic E-state index is -1.73. The number of ether oxygens (including phenoxy) is 1. The smallest absolute Gasteiger partial charge is 0.305 e. The van der Waals surface area contributed by atoms with Crippen LogP contribution in [-0.2, 0) is 179 Å². The van der Waals surface area contributed by atoms with Crippen LogP contribution in [0.25, 0.3) is 0 Å². The third-order valence-electron chi connectivity index (χ3n) is 8.40. The van der Waals surface area contributed by atoms with Crippen molar-refractivity contribution >= 4 is 41.5 Å². The van der Waals surface area contributed by atoms with Crippen LogP contribution >= 0.6 is 12.4 Å². The van der Waals surface area contributed by atoms with Gasteiger partial charge in [0.1, 0.15) is 29.7 Å². The molecule has 0 radical (unpaired) electrons. The highest BCUT2D eigenvalue weighted by molar-refractivity contribution is 5.91. The molecule has 1 unspecified atom stereocenters. The van der Waals surface area contributed by atoms with Crippen LogP contribution < -0.4 is 5.73 Å². The third kappa shape index (κ3) is 176. The highest BCUT2D eigenvalue weighted by Gasteiger charge is 2.37. The number of esters is 1. The molecule has 0 aliphatic carbocycles. The highest BCUT2D eigenvalue weighted by Crippen LogP contribution is 2.27. The number of carbonyl (C=O) groups is 5. The van der Waals surface area contributed by atoms with E-state index in [0.717, 1.165) is 25.3 Å². The number of halogens is 1. The molecule has 0 saturated heterocycles. The van der Waals surface area contributed by atoms with Gasteiger partial charge in [-0.25, -0.2) is 19.6 Å². The number of benzene rings is 2. The molecule has 0 aliphatic rings. The van der Waals surface area contributed by atoms with Crippen LogP contribution in [0.2, 0.25) is 0 Å². The van der Waals surface area contributed by atoms with E-state index in [4.69, 9.17) is 20.2 Å². The summed E-state index contributed by atoms with van der Waals surface area (Å²) >= 11 is 0. The SMILES string of the molecule is C=C.C=C.C=C.C=C.C=C.C=C.C=C.C=C.C=C.C=C.C=C.C=C.C=C.C=C.C=C.C=C.C=C.C=C.C=C.C=C.C=C.C=C.C=C.C=C.COOOOOOOOOOOOOCC(COOOOOOOOOOOOOC)(COC(=O)CCCC(=O)CC(Cc1ccccc1)C(=O)CCC(=O)Cc1ccc(CO)cc1)CC(=O)CCN.Cl. The van der Waals surface area contributed by atoms with Crippen molar-refractivity contribution in [2.24, 2.45) is 17.1 Å². The lowest BCUT2D eigenvalue weighted by atomic mass is 9.84. The van der Waals surface area contributed by atoms with Crippen LogP contribution in [-0.4, -0.2) is 74.8 Å². The molecule has 35 heteroatoms. The Morgan fingerprint density at radius 3 is 0.899 bits per heavy atom. The zero-order valence-corrected chi connectivity index (χ0v) is 72.1. The van der Waals surface area contributed by atoms with E-state index in [9.17, 15) is 29.1 Å². The Bertz CT molecular complexity index is 1980. The molecular weight excluding hydrogens is 1590 g/mol. The van der Waals surface area contributed by atoms with E-state index in [2.05, 4.69) is 436 Å². The first-order chi connectivity index (χ1) is 58.1. The molecule has 2 aromatic carbocycles. The van der Waals surface area contributed by atoms with Crippen LogP contribution in [0, 0.1) is 11.3 Å². The van der Waals surface area contributed by atoms with Gasteiger partial charge in [0.25, 0.3) is 0 Å². The van der Waals surface area contributed by atoms with Crippen LogP contribution in [0.5, 0.6) is 0 Å². The molecule has 119 heavy (non-hydrogen) atoms. The Morgan fingerprint density at radius 2 is 0.613 bits per heavy atom. The normalized spacial score (nSPS) is 7.87. The standard InChI is InChI=1S/C36H49NO33.24C2H4.ClH/c1-44-49-53-57-61-65-69-67-63-59-55-51-47-25-36(22-33(41)17-18-37,26-48-52-56-60-64-68-70-66-62-58-54-50-45-2)24-46-35(43)10-6-9-31(39)21-30(19-27-7-4-3-5-8-27)34(42)16-15-32(40)20-28-11-13-29(23-38)14-12-28;24*1-2;/h3-5,7-8,11-14,30,38H,6,9-10,15-26,37H2,1-2H3;24*1-2H2;1H. The lowest BCUT2D eigenvalue weighted by Gasteiger charge is -2.30. The Labute approximate surface area is 718 Å². The largest absolute Gasteiger partial charge is 0.465 e. The number of Topliss-reactive ketones (excluding diaryl/α,β-unsaturated/α-hetero) is 4. The van der Waals surface area contributed by atoms with E-state index in [1.54, 1.807) is 36.4 Å². The summed E-state index contributed by atoms with van der Waals surface area (Å²) < 4.78 is 5.42. The van der Waals surface area contributed by atoms with Gasteiger partial charge in [-0.2, -0.15) is 0 Å². The van der Waals surface area contributed by atoms with Crippen molar-refractivity contribution in [2.45, 2.75) is 70.8 Å². The maximum atomic E-state index is 13.4. The van der Waals surface area contributed by atoms with Gasteiger partial charge in [0.2, 0.25) is 0 Å². The Balaban J connectivity index is -0.0000000714. The maximum Gasteiger partial charge on any atom is 0.305 e. The molecule has 0 fully saturated rings. The lowest BCUT2D eigenvalue weighted by Crippen LogP contribution is -2.40. The molecule has 0 aliphatic heterocycles. The molecule has 1 atom stereocenters. The molecule has 3 N–H and O–H groups in total. The van der Waals surface area contributed by atoms with E-state index in [-0.39, 0.29) is 101 Å². The van der Waals surface area contributed by atoms with Crippen molar-refractivity contribution < 1.29 is 164 Å². The number of rotatable bonds is 49. The average Bonchev–Trinajstić information content (AvgIpc) is 0.853. The fraction of sp³-hybridized carbons (Fsp3) is 0.226. The topological polar surface area (TPSA) is 381 Å². The second kappa shape index (κ2) is 226. The van der Waals surface area contributed by atoms with Gasteiger partial charge in [-0.05, 0) is 147 Å². The molecule has 692 valence electrons. The fourth-order valence-electron chi connectivity index (χ4n) is 5.40. The molecule has 0 aromatic heterocycles. The van der Waals surface area contributed by atoms with Gasteiger partial charge >= 0.3 is 5.97 Å². The first-order valence-electron chi connectivity index (χ1n) is 31.8. The van der Waals surface area contributed by atoms with Crippen molar-refractivity contribution in [3.63, 3.8) is 0 Å². The van der Waals surface area contributed by atoms with E-state index in [1.165, 1.54) is 0 Å². The zero-order valence-electron chi connectivity index (χ0n) is 71.3. The van der Waals surface area contributed by atoms with Gasteiger partial charge < -0.3 is 15.6 Å². The Kier molecular flexibility index (Phi) is 333. The third-order valence-corrected chi connectivity index (χ3v) is 8.40. The minimum Gasteiger partial charge on any atom is -0.465 e. The first-order valence-corrected chi connectivity index (χ1v) is 31.8. The van der Waals surface area contributed by atoms with Gasteiger partial charge in [-0.1, -0.05) is 54.6 Å². The molecule has 34 nitrogen and oxygen atoms in total. The molecular formula is C84H146ClNO33. The number of aliphatic hydroxyl groups excluding tert-OH is 1. The van der Waals surface area contributed by atoms with E-state index >= 15 is 0 Å². The van der Waals surface area contributed by atoms with Crippen molar-refractivity contribution in [1.29, 1.82) is 0 Å². The Hall–Kier alpha value is -10.5. The number of ketones is 4. The lowest BCUT2D eigenvalue weighted by molar-refractivity contribution is -0.870. The maximum absolute atomic E-state index is 13.4. The summed E-state index contributed by atoms with van der Waals surface area (Å²) in [6, 6.07) is 15.9. The number of hydrogen-bond donors (Lipinski definition) is 2. The van der Waals surface area contributed by atoms with Gasteiger partial charge in [-0.15, -0.1) is 328 Å². The molecule has 0 bridgehead atoms. The number of nitrogens with two attached hydrogens (primary N) is 1. The van der Waals surface area contributed by atoms with Crippen molar-refractivity contribution in [3.05, 3.63) is 387 Å². The highest BCUT2D eigenvalue weighted by atomic mass is 35.5. The molecule has 0 saturated carbocycles. The van der Waals surface area contributed by atoms with Gasteiger partial charge in [0.05, 0.1) is 39.5 Å². The number of carbonyl (C=O) groups excluding carboxylic acids is 5. The summed E-state index contributed by atoms with van der Waals surface area (Å²) in [6.07, 6.45) is -1.04. The molecule has 0 spiro atoms. The Morgan fingerprint density at radius 1 is 0.328 bits per heavy atom. The second-order valence-corrected chi connectivity index (χ2v) is 13.4. The molecule has 2 aromatic rings. The number of hydrogen-bond acceptors (Lipinski definition) is 34. The van der Waals surface area contributed by atoms with E-state index in [0.29, 0.717) is 5.56 Å². The summed E-state index contributed by atoms with van der Waals surface area (Å²) in [5.41, 5.74) is 6.05. The average molecular weight is 1730 g/mol. The summed E-state index contributed by atoms with van der Waals surface area (Å²) in [6.45, 7) is 142. The minimum absolute atomic E-state index is 0. The monoisotopic (exact) mass is 1730 g/mol. The predicted molar refractivity (Wildman–Crippen MR) is 476 cm³/mol. The van der Waals surface area contributed by atoms with Crippen LogP contribution in [0.3, 0.4) is 0 Å². The summed E-state index contributed by atoms with van der Waals surface area (Å²) in [4.78, 5) is 82.9. The van der Waals surface area contributed by atoms with Crippen LogP contribution in [0.1, 0.15) is 68.1 Å². The van der Waals surface area contributed by atoms with Crippen molar-refractivity contribution in [2.75, 3.05) is 40.6 Å².